The average Bonchev–Trinajstić information content (AvgIpc) is 3.76. The zero-order valence-electron chi connectivity index (χ0n) is 25.6. The topological polar surface area (TPSA) is 88.1 Å². The number of hydrogen-bond donors (Lipinski definition) is 1. The molecule has 1 N–H and O–H groups in total. The number of nitrogens with zero attached hydrogens (tertiary/aromatic N) is 1. The summed E-state index contributed by atoms with van der Waals surface area (Å²) in [5, 5.41) is 3.43. The molecular formula is C34H41ClN2O6S. The van der Waals surface area contributed by atoms with E-state index in [2.05, 4.69) is 28.5 Å². The van der Waals surface area contributed by atoms with Crippen molar-refractivity contribution in [2.45, 2.75) is 62.2 Å². The summed E-state index contributed by atoms with van der Waals surface area (Å²) in [6.07, 6.45) is 6.02. The Kier molecular flexibility index (Phi) is 11.1. The fourth-order valence-electron chi connectivity index (χ4n) is 4.90. The maximum absolute atomic E-state index is 11.7. The van der Waals surface area contributed by atoms with Crippen molar-refractivity contribution in [2.24, 2.45) is 0 Å². The van der Waals surface area contributed by atoms with Gasteiger partial charge in [0.2, 0.25) is 0 Å². The lowest BCUT2D eigenvalue weighted by molar-refractivity contribution is -0.0794. The van der Waals surface area contributed by atoms with E-state index in [1.165, 1.54) is 0 Å². The minimum atomic E-state index is -0.513. The standard InChI is InChI=1S/C34H41ClN2O6S/c1-33(2,3)43-32(38)37-15-17-39-18-19-44-26-8-9-30(35)24(20-26)11-16-41-34(12-13-34)29-21-36-14-10-27(29)28-6-4-5-7-31(28)42-25-22-40-23-25/h4-10,14,20-21,25H,11-13,15-19,22-23H2,1-3H3,(H,37,38). The van der Waals surface area contributed by atoms with E-state index in [9.17, 15) is 4.79 Å². The summed E-state index contributed by atoms with van der Waals surface area (Å²) in [5.74, 6) is 1.64. The second kappa shape index (κ2) is 15.0. The van der Waals surface area contributed by atoms with Crippen LogP contribution in [0.1, 0.15) is 44.7 Å². The molecule has 236 valence electrons. The van der Waals surface area contributed by atoms with Gasteiger partial charge >= 0.3 is 6.09 Å². The zero-order valence-corrected chi connectivity index (χ0v) is 27.2. The molecule has 5 rings (SSSR count). The summed E-state index contributed by atoms with van der Waals surface area (Å²) >= 11 is 8.29. The summed E-state index contributed by atoms with van der Waals surface area (Å²) in [6.45, 7) is 8.70. The van der Waals surface area contributed by atoms with Gasteiger partial charge in [0.15, 0.2) is 0 Å². The first-order valence-corrected chi connectivity index (χ1v) is 16.5. The third-order valence-corrected chi connectivity index (χ3v) is 8.60. The first-order chi connectivity index (χ1) is 21.2. The predicted octanol–water partition coefficient (Wildman–Crippen LogP) is 7.06. The molecule has 1 aliphatic carbocycles. The molecule has 0 atom stereocenters. The number of halogens is 1. The van der Waals surface area contributed by atoms with E-state index >= 15 is 0 Å². The largest absolute Gasteiger partial charge is 0.485 e. The molecule has 1 aliphatic heterocycles. The number of alkyl carbamates (subject to hydrolysis) is 1. The van der Waals surface area contributed by atoms with Crippen molar-refractivity contribution in [3.63, 3.8) is 0 Å². The number of aromatic nitrogens is 1. The van der Waals surface area contributed by atoms with E-state index in [1.807, 2.05) is 63.5 Å². The van der Waals surface area contributed by atoms with Crippen molar-refractivity contribution in [3.05, 3.63) is 77.1 Å². The number of benzene rings is 2. The van der Waals surface area contributed by atoms with Gasteiger partial charge < -0.3 is 29.0 Å². The lowest BCUT2D eigenvalue weighted by atomic mass is 9.96. The van der Waals surface area contributed by atoms with E-state index in [0.717, 1.165) is 56.5 Å². The van der Waals surface area contributed by atoms with Crippen molar-refractivity contribution in [1.29, 1.82) is 0 Å². The third-order valence-electron chi connectivity index (χ3n) is 7.27. The normalized spacial score (nSPS) is 15.8. The van der Waals surface area contributed by atoms with Crippen molar-refractivity contribution in [1.82, 2.24) is 10.3 Å². The second-order valence-corrected chi connectivity index (χ2v) is 13.5. The molecule has 0 unspecified atom stereocenters. The van der Waals surface area contributed by atoms with Crippen LogP contribution in [-0.4, -0.2) is 68.1 Å². The van der Waals surface area contributed by atoms with Crippen LogP contribution in [-0.2, 0) is 31.0 Å². The minimum Gasteiger partial charge on any atom is -0.485 e. The highest BCUT2D eigenvalue weighted by molar-refractivity contribution is 7.99. The van der Waals surface area contributed by atoms with Crippen LogP contribution >= 0.6 is 23.4 Å². The zero-order chi connectivity index (χ0) is 31.0. The monoisotopic (exact) mass is 640 g/mol. The Morgan fingerprint density at radius 3 is 2.66 bits per heavy atom. The molecule has 10 heteroatoms. The molecule has 0 bridgehead atoms. The van der Waals surface area contributed by atoms with E-state index < -0.39 is 11.7 Å². The molecule has 2 heterocycles. The van der Waals surface area contributed by atoms with Gasteiger partial charge in [0.25, 0.3) is 0 Å². The van der Waals surface area contributed by atoms with Gasteiger partial charge in [0.05, 0.1) is 38.6 Å². The van der Waals surface area contributed by atoms with E-state index in [4.69, 9.17) is 35.3 Å². The average molecular weight is 641 g/mol. The Morgan fingerprint density at radius 2 is 1.91 bits per heavy atom. The van der Waals surface area contributed by atoms with Gasteiger partial charge in [-0.25, -0.2) is 4.79 Å². The molecular weight excluding hydrogens is 600 g/mol. The summed E-state index contributed by atoms with van der Waals surface area (Å²) < 4.78 is 29.0. The number of ether oxygens (including phenoxy) is 5. The van der Waals surface area contributed by atoms with Crippen molar-refractivity contribution < 1.29 is 28.5 Å². The van der Waals surface area contributed by atoms with Gasteiger partial charge in [-0.2, -0.15) is 0 Å². The number of hydrogen-bond acceptors (Lipinski definition) is 8. The number of para-hydroxylation sites is 1. The van der Waals surface area contributed by atoms with Crippen LogP contribution in [0.5, 0.6) is 5.75 Å². The molecule has 44 heavy (non-hydrogen) atoms. The lowest BCUT2D eigenvalue weighted by Gasteiger charge is -2.28. The minimum absolute atomic E-state index is 0.0897. The van der Waals surface area contributed by atoms with Crippen LogP contribution in [0.4, 0.5) is 4.79 Å². The molecule has 2 aromatic carbocycles. The molecule has 1 saturated carbocycles. The van der Waals surface area contributed by atoms with Gasteiger partial charge in [-0.05, 0) is 81.5 Å². The van der Waals surface area contributed by atoms with E-state index in [-0.39, 0.29) is 11.7 Å². The van der Waals surface area contributed by atoms with Crippen molar-refractivity contribution >= 4 is 29.5 Å². The second-order valence-electron chi connectivity index (χ2n) is 11.9. The number of rotatable bonds is 15. The Labute approximate surface area is 269 Å². The number of carbonyl (C=O) groups is 1. The summed E-state index contributed by atoms with van der Waals surface area (Å²) in [5.41, 5.74) is 3.42. The fourth-order valence-corrected chi connectivity index (χ4v) is 5.94. The smallest absolute Gasteiger partial charge is 0.407 e. The number of carbonyl (C=O) groups excluding carboxylic acids is 1. The molecule has 3 aromatic rings. The molecule has 2 fully saturated rings. The summed E-state index contributed by atoms with van der Waals surface area (Å²) in [6, 6.07) is 16.3. The van der Waals surface area contributed by atoms with Gasteiger partial charge in [-0.3, -0.25) is 4.98 Å². The Hall–Kier alpha value is -2.82. The Bertz CT molecular complexity index is 1410. The van der Waals surface area contributed by atoms with Gasteiger partial charge in [-0.1, -0.05) is 29.8 Å². The first-order valence-electron chi connectivity index (χ1n) is 15.1. The Balaban J connectivity index is 1.11. The molecule has 0 radical (unpaired) electrons. The first kappa shape index (κ1) is 32.6. The number of thioether (sulfide) groups is 1. The highest BCUT2D eigenvalue weighted by Crippen LogP contribution is 2.52. The number of pyridine rings is 1. The molecule has 1 aromatic heterocycles. The van der Waals surface area contributed by atoms with E-state index in [0.29, 0.717) is 46.0 Å². The molecule has 0 spiro atoms. The van der Waals surface area contributed by atoms with Crippen LogP contribution in [0.15, 0.2) is 65.8 Å². The highest BCUT2D eigenvalue weighted by Gasteiger charge is 2.47. The number of nitrogens with one attached hydrogen (secondary N) is 1. The lowest BCUT2D eigenvalue weighted by Crippen LogP contribution is -2.38. The molecule has 1 saturated heterocycles. The third kappa shape index (κ3) is 9.11. The molecule has 1 amide bonds. The number of amides is 1. The molecule has 2 aliphatic rings. The maximum atomic E-state index is 11.7. The van der Waals surface area contributed by atoms with Crippen LogP contribution in [0.25, 0.3) is 11.1 Å². The van der Waals surface area contributed by atoms with Gasteiger partial charge in [0.1, 0.15) is 17.5 Å². The predicted molar refractivity (Wildman–Crippen MR) is 173 cm³/mol. The SMILES string of the molecule is CC(C)(C)OC(=O)NCCOCCSc1ccc(Cl)c(CCOC2(c3cnccc3-c3ccccc3OC3COC3)CC2)c1. The van der Waals surface area contributed by atoms with Crippen LogP contribution in [0.3, 0.4) is 0 Å². The summed E-state index contributed by atoms with van der Waals surface area (Å²) in [7, 11) is 0. The van der Waals surface area contributed by atoms with Gasteiger partial charge in [-0.15, -0.1) is 11.8 Å². The quantitative estimate of drug-likeness (QED) is 0.140. The highest BCUT2D eigenvalue weighted by atomic mass is 35.5. The van der Waals surface area contributed by atoms with Crippen molar-refractivity contribution in [3.8, 4) is 16.9 Å². The fraction of sp³-hybridized carbons (Fsp3) is 0.471. The maximum Gasteiger partial charge on any atom is 0.407 e. The van der Waals surface area contributed by atoms with Crippen molar-refractivity contribution in [2.75, 3.05) is 45.3 Å². The van der Waals surface area contributed by atoms with Gasteiger partial charge in [0, 0.05) is 45.7 Å². The summed E-state index contributed by atoms with van der Waals surface area (Å²) in [4.78, 5) is 17.3. The van der Waals surface area contributed by atoms with E-state index in [1.54, 1.807) is 11.8 Å². The molecule has 8 nitrogen and oxygen atoms in total. The van der Waals surface area contributed by atoms with Crippen LogP contribution < -0.4 is 10.1 Å². The van der Waals surface area contributed by atoms with Crippen LogP contribution in [0.2, 0.25) is 5.02 Å². The van der Waals surface area contributed by atoms with Crippen LogP contribution in [0, 0.1) is 0 Å². The Morgan fingerprint density at radius 1 is 1.09 bits per heavy atom.